The Balaban J connectivity index is 1.88. The minimum Gasteiger partial charge on any atom is -0.480 e. The smallest absolute Gasteiger partial charge is 0.326 e. The number of aliphatic carboxylic acids is 1. The predicted octanol–water partition coefficient (Wildman–Crippen LogP) is -2.49. The molecule has 1 fully saturated rings. The zero-order chi connectivity index (χ0) is 54.7. The summed E-state index contributed by atoms with van der Waals surface area (Å²) in [4.78, 5) is 154. The summed E-state index contributed by atoms with van der Waals surface area (Å²) in [5.74, 6) is -10.4. The van der Waals surface area contributed by atoms with Gasteiger partial charge in [-0.2, -0.15) is 0 Å². The number of H-pyrrole nitrogens is 1. The maximum absolute atomic E-state index is 14.4. The first-order valence-corrected chi connectivity index (χ1v) is 24.3. The Labute approximate surface area is 423 Å². The minimum absolute atomic E-state index is 0.0535. The van der Waals surface area contributed by atoms with Gasteiger partial charge in [-0.25, -0.2) is 9.78 Å². The summed E-state index contributed by atoms with van der Waals surface area (Å²) >= 11 is 0. The predicted molar refractivity (Wildman–Crippen MR) is 263 cm³/mol. The van der Waals surface area contributed by atoms with Crippen molar-refractivity contribution in [2.24, 2.45) is 35.0 Å². The molecule has 2 aromatic rings. The first kappa shape index (κ1) is 59.9. The lowest BCUT2D eigenvalue weighted by atomic mass is 9.99. The van der Waals surface area contributed by atoms with Crippen molar-refractivity contribution >= 4 is 65.0 Å². The molecule has 1 aliphatic rings. The third kappa shape index (κ3) is 19.6. The molecule has 0 radical (unpaired) electrons. The molecule has 9 atom stereocenters. The van der Waals surface area contributed by atoms with Crippen LogP contribution in [-0.2, 0) is 65.6 Å². The standard InChI is InChI=1S/C48H73N13O12/c1-24(2)16-31(58-46(70)39(26(5)6)60-40(64)30(49)20-37(50)62)42(66)56-33(19-29-22-52-23-53-29)44(68)55-32(18-28-12-9-8-10-13-28)43(67)57-34(21-38(51)63)41(65)54-27(7)47(71)61-15-11-14-36(61)45(69)59-35(48(72)73)17-25(3)4/h8-10,12-13,22-27,30-36,39H,11,14-21,49H2,1-7H3,(H2,50,62)(H2,51,63)(H,52,53)(H,54,65)(H,55,68)(H,56,66)(H,57,67)(H,58,70)(H,59,69)(H,60,64)(H,72,73)/t27-,30-,31-,32-,33-,34-,35-,36-,39-/m0/s1. The summed E-state index contributed by atoms with van der Waals surface area (Å²) in [6, 6.07) is -3.49. The fraction of sp³-hybridized carbons (Fsp3) is 0.583. The molecule has 1 aromatic heterocycles. The van der Waals surface area contributed by atoms with Gasteiger partial charge in [0.15, 0.2) is 0 Å². The monoisotopic (exact) mass is 1020 g/mol. The maximum atomic E-state index is 14.4. The number of carbonyl (C=O) groups excluding carboxylic acids is 10. The maximum Gasteiger partial charge on any atom is 0.326 e. The van der Waals surface area contributed by atoms with Crippen LogP contribution in [0.25, 0.3) is 0 Å². The summed E-state index contributed by atoms with van der Waals surface area (Å²) in [5.41, 5.74) is 17.4. The second-order valence-corrected chi connectivity index (χ2v) is 19.5. The van der Waals surface area contributed by atoms with E-state index in [0.29, 0.717) is 17.7 Å². The molecular weight excluding hydrogens is 951 g/mol. The third-order valence-electron chi connectivity index (χ3n) is 11.8. The van der Waals surface area contributed by atoms with Gasteiger partial charge < -0.3 is 69.4 Å². The molecule has 0 unspecified atom stereocenters. The summed E-state index contributed by atoms with van der Waals surface area (Å²) in [7, 11) is 0. The first-order valence-electron chi connectivity index (χ1n) is 24.3. The lowest BCUT2D eigenvalue weighted by Crippen LogP contribution is -2.61. The number of aromatic amines is 1. The van der Waals surface area contributed by atoms with Crippen molar-refractivity contribution in [3.05, 3.63) is 54.1 Å². The molecule has 0 saturated carbocycles. The molecule has 10 amide bonds. The van der Waals surface area contributed by atoms with Crippen LogP contribution in [0.4, 0.5) is 0 Å². The number of nitrogens with two attached hydrogens (primary N) is 3. The van der Waals surface area contributed by atoms with E-state index in [9.17, 15) is 57.8 Å². The Kier molecular flexibility index (Phi) is 23.4. The first-order chi connectivity index (χ1) is 34.3. The van der Waals surface area contributed by atoms with E-state index in [1.807, 2.05) is 0 Å². The number of nitrogens with one attached hydrogen (secondary N) is 8. The molecule has 25 heteroatoms. The number of benzene rings is 1. The SMILES string of the molecule is CC(C)C[C@H](NC(=O)[C@@H]1CCCN1C(=O)[C@H](C)NC(=O)[C@H](CC(N)=O)NC(=O)[C@H](Cc1ccccc1)NC(=O)[C@H](Cc1c[nH]cn1)NC(=O)[C@H](CC(C)C)NC(=O)[C@@H](NC(=O)[C@@H](N)CC(N)=O)C(C)C)C(=O)O. The molecule has 402 valence electrons. The van der Waals surface area contributed by atoms with Gasteiger partial charge in [0.05, 0.1) is 30.9 Å². The van der Waals surface area contributed by atoms with Crippen LogP contribution in [0, 0.1) is 17.8 Å². The van der Waals surface area contributed by atoms with Gasteiger partial charge in [-0.15, -0.1) is 0 Å². The summed E-state index contributed by atoms with van der Waals surface area (Å²) in [5, 5.41) is 27.6. The van der Waals surface area contributed by atoms with Crippen LogP contribution in [0.3, 0.4) is 0 Å². The zero-order valence-corrected chi connectivity index (χ0v) is 42.4. The Morgan fingerprint density at radius 1 is 0.658 bits per heavy atom. The van der Waals surface area contributed by atoms with Crippen molar-refractivity contribution in [2.45, 2.75) is 154 Å². The Morgan fingerprint density at radius 2 is 1.19 bits per heavy atom. The van der Waals surface area contributed by atoms with Crippen LogP contribution in [0.5, 0.6) is 0 Å². The van der Waals surface area contributed by atoms with E-state index < -0.39 is 138 Å². The van der Waals surface area contributed by atoms with Gasteiger partial charge in [-0.1, -0.05) is 71.9 Å². The van der Waals surface area contributed by atoms with Gasteiger partial charge >= 0.3 is 5.97 Å². The van der Waals surface area contributed by atoms with E-state index in [0.717, 1.165) is 0 Å². The molecule has 73 heavy (non-hydrogen) atoms. The Morgan fingerprint density at radius 3 is 1.73 bits per heavy atom. The largest absolute Gasteiger partial charge is 0.480 e. The topological polar surface area (TPSA) is 402 Å². The highest BCUT2D eigenvalue weighted by molar-refractivity contribution is 5.99. The molecule has 2 heterocycles. The molecule has 0 aliphatic carbocycles. The van der Waals surface area contributed by atoms with Crippen LogP contribution in [-0.4, -0.2) is 146 Å². The number of aromatic nitrogens is 2. The average molecular weight is 1020 g/mol. The molecule has 1 aliphatic heterocycles. The number of likely N-dealkylation sites (tertiary alicyclic amines) is 1. The number of hydrogen-bond donors (Lipinski definition) is 12. The highest BCUT2D eigenvalue weighted by atomic mass is 16.4. The van der Waals surface area contributed by atoms with E-state index in [4.69, 9.17) is 17.2 Å². The number of primary amides is 2. The van der Waals surface area contributed by atoms with E-state index in [-0.39, 0.29) is 50.5 Å². The highest BCUT2D eigenvalue weighted by Gasteiger charge is 2.40. The van der Waals surface area contributed by atoms with Crippen LogP contribution < -0.4 is 54.4 Å². The molecule has 0 spiro atoms. The average Bonchev–Trinajstić information content (AvgIpc) is 4.02. The summed E-state index contributed by atoms with van der Waals surface area (Å²) in [6.07, 6.45) is 2.10. The van der Waals surface area contributed by atoms with Crippen LogP contribution in [0.1, 0.15) is 98.2 Å². The molecule has 25 nitrogen and oxygen atoms in total. The second kappa shape index (κ2) is 28.6. The van der Waals surface area contributed by atoms with Crippen molar-refractivity contribution in [1.82, 2.24) is 52.1 Å². The summed E-state index contributed by atoms with van der Waals surface area (Å²) < 4.78 is 0. The zero-order valence-electron chi connectivity index (χ0n) is 42.4. The number of imidazole rings is 1. The lowest BCUT2D eigenvalue weighted by Gasteiger charge is -2.29. The van der Waals surface area contributed by atoms with E-state index in [1.54, 1.807) is 71.9 Å². The van der Waals surface area contributed by atoms with Gasteiger partial charge in [0.2, 0.25) is 59.1 Å². The number of nitrogens with zero attached hydrogens (tertiary/aromatic N) is 2. The van der Waals surface area contributed by atoms with Crippen molar-refractivity contribution in [1.29, 1.82) is 0 Å². The molecule has 1 aromatic carbocycles. The normalized spacial score (nSPS) is 16.6. The second-order valence-electron chi connectivity index (χ2n) is 19.5. The molecule has 3 rings (SSSR count). The van der Waals surface area contributed by atoms with Crippen LogP contribution in [0.15, 0.2) is 42.9 Å². The van der Waals surface area contributed by atoms with E-state index in [1.165, 1.54) is 24.3 Å². The number of hydrogen-bond acceptors (Lipinski definition) is 13. The number of amides is 10. The fourth-order valence-electron chi connectivity index (χ4n) is 8.06. The van der Waals surface area contributed by atoms with E-state index in [2.05, 4.69) is 47.2 Å². The van der Waals surface area contributed by atoms with Gasteiger partial charge in [0.25, 0.3) is 0 Å². The van der Waals surface area contributed by atoms with Gasteiger partial charge in [-0.3, -0.25) is 47.9 Å². The van der Waals surface area contributed by atoms with Crippen molar-refractivity contribution < 1.29 is 57.8 Å². The van der Waals surface area contributed by atoms with Crippen molar-refractivity contribution in [3.8, 4) is 0 Å². The minimum atomic E-state index is -1.68. The van der Waals surface area contributed by atoms with E-state index >= 15 is 0 Å². The van der Waals surface area contributed by atoms with Crippen LogP contribution in [0.2, 0.25) is 0 Å². The fourth-order valence-corrected chi connectivity index (χ4v) is 8.06. The van der Waals surface area contributed by atoms with Crippen molar-refractivity contribution in [2.75, 3.05) is 6.54 Å². The van der Waals surface area contributed by atoms with Gasteiger partial charge in [-0.05, 0) is 55.9 Å². The third-order valence-corrected chi connectivity index (χ3v) is 11.8. The molecular formula is C48H73N13O12. The van der Waals surface area contributed by atoms with Gasteiger partial charge in [0.1, 0.15) is 48.3 Å². The Bertz CT molecular complexity index is 2260. The number of rotatable bonds is 29. The lowest BCUT2D eigenvalue weighted by molar-refractivity contribution is -0.145. The Hall–Kier alpha value is -7.44. The number of carbonyl (C=O) groups is 11. The molecule has 0 bridgehead atoms. The summed E-state index contributed by atoms with van der Waals surface area (Å²) in [6.45, 7) is 11.9. The van der Waals surface area contributed by atoms with Crippen LogP contribution >= 0.6 is 0 Å². The number of carboxylic acid groups (broad SMARTS) is 1. The molecule has 15 N–H and O–H groups in total. The molecule has 1 saturated heterocycles. The van der Waals surface area contributed by atoms with Gasteiger partial charge in [0, 0.05) is 25.6 Å². The quantitative estimate of drug-likeness (QED) is 0.0402. The number of carboxylic acids is 1. The van der Waals surface area contributed by atoms with Crippen molar-refractivity contribution in [3.63, 3.8) is 0 Å². The highest BCUT2D eigenvalue weighted by Crippen LogP contribution is 2.20.